The number of hydrogen-bond donors (Lipinski definition) is 1. The molecule has 1 atom stereocenters. The van der Waals surface area contributed by atoms with Gasteiger partial charge in [-0.05, 0) is 25.7 Å². The van der Waals surface area contributed by atoms with Gasteiger partial charge in [0.15, 0.2) is 0 Å². The Balaban J connectivity index is 1.87. The van der Waals surface area contributed by atoms with E-state index in [0.29, 0.717) is 30.5 Å². The second-order valence-corrected chi connectivity index (χ2v) is 6.19. The first-order valence-electron chi connectivity index (χ1n) is 7.32. The Labute approximate surface area is 111 Å². The summed E-state index contributed by atoms with van der Waals surface area (Å²) in [7, 11) is 0. The van der Waals surface area contributed by atoms with E-state index in [2.05, 4.69) is 35.9 Å². The van der Waals surface area contributed by atoms with Crippen LogP contribution in [0, 0.1) is 5.92 Å². The first-order chi connectivity index (χ1) is 8.58. The summed E-state index contributed by atoms with van der Waals surface area (Å²) in [6, 6.07) is 1.01. The predicted molar refractivity (Wildman–Crippen MR) is 73.5 cm³/mol. The fourth-order valence-electron chi connectivity index (χ4n) is 2.62. The van der Waals surface area contributed by atoms with E-state index in [4.69, 9.17) is 0 Å². The Bertz CT molecular complexity index is 289. The summed E-state index contributed by atoms with van der Waals surface area (Å²) in [4.78, 5) is 16.9. The number of amides is 1. The molecule has 0 bridgehead atoms. The van der Waals surface area contributed by atoms with Gasteiger partial charge in [0.2, 0.25) is 5.91 Å². The Morgan fingerprint density at radius 3 is 2.72 bits per heavy atom. The molecule has 104 valence electrons. The first-order valence-corrected chi connectivity index (χ1v) is 7.32. The summed E-state index contributed by atoms with van der Waals surface area (Å²) in [6.45, 7) is 11.1. The highest BCUT2D eigenvalue weighted by Crippen LogP contribution is 2.27. The molecule has 0 spiro atoms. The molecule has 1 saturated carbocycles. The van der Waals surface area contributed by atoms with Crippen LogP contribution >= 0.6 is 0 Å². The van der Waals surface area contributed by atoms with Gasteiger partial charge in [-0.3, -0.25) is 9.69 Å². The van der Waals surface area contributed by atoms with Crippen molar-refractivity contribution in [2.45, 2.75) is 45.7 Å². The van der Waals surface area contributed by atoms with Crippen molar-refractivity contribution in [2.75, 3.05) is 32.7 Å². The highest BCUT2D eigenvalue weighted by Gasteiger charge is 2.34. The molecule has 1 aliphatic carbocycles. The highest BCUT2D eigenvalue weighted by atomic mass is 16.2. The number of nitrogens with one attached hydrogen (secondary N) is 1. The van der Waals surface area contributed by atoms with Crippen LogP contribution in [-0.2, 0) is 4.79 Å². The van der Waals surface area contributed by atoms with Crippen molar-refractivity contribution in [1.29, 1.82) is 0 Å². The molecule has 1 N–H and O–H groups in total. The minimum atomic E-state index is 0.333. The summed E-state index contributed by atoms with van der Waals surface area (Å²) in [5.41, 5.74) is 0. The summed E-state index contributed by atoms with van der Waals surface area (Å²) in [6.07, 6.45) is 2.41. The molecule has 2 rings (SSSR count). The van der Waals surface area contributed by atoms with Gasteiger partial charge >= 0.3 is 0 Å². The molecule has 0 aromatic carbocycles. The maximum Gasteiger partial charge on any atom is 0.237 e. The van der Waals surface area contributed by atoms with E-state index in [-0.39, 0.29) is 0 Å². The van der Waals surface area contributed by atoms with Crippen molar-refractivity contribution in [1.82, 2.24) is 15.1 Å². The largest absolute Gasteiger partial charge is 0.338 e. The quantitative estimate of drug-likeness (QED) is 0.791. The second kappa shape index (κ2) is 6.02. The Kier molecular flexibility index (Phi) is 4.62. The van der Waals surface area contributed by atoms with Crippen molar-refractivity contribution in [3.63, 3.8) is 0 Å². The van der Waals surface area contributed by atoms with Crippen LogP contribution in [0.2, 0.25) is 0 Å². The smallest absolute Gasteiger partial charge is 0.237 e. The summed E-state index contributed by atoms with van der Waals surface area (Å²) >= 11 is 0. The van der Waals surface area contributed by atoms with Gasteiger partial charge in [0.05, 0.1) is 6.54 Å². The molecule has 2 aliphatic rings. The van der Waals surface area contributed by atoms with Crippen molar-refractivity contribution in [3.8, 4) is 0 Å². The Hall–Kier alpha value is -0.610. The molecule has 4 heteroatoms. The topological polar surface area (TPSA) is 35.6 Å². The molecule has 0 aromatic rings. The van der Waals surface area contributed by atoms with Gasteiger partial charge in [0.25, 0.3) is 0 Å². The fourth-order valence-corrected chi connectivity index (χ4v) is 2.62. The summed E-state index contributed by atoms with van der Waals surface area (Å²) < 4.78 is 0. The number of rotatable bonds is 5. The van der Waals surface area contributed by atoms with Crippen molar-refractivity contribution >= 4 is 5.91 Å². The third kappa shape index (κ3) is 3.69. The molecule has 1 heterocycles. The van der Waals surface area contributed by atoms with Crippen LogP contribution < -0.4 is 5.32 Å². The van der Waals surface area contributed by atoms with Gasteiger partial charge in [-0.1, -0.05) is 13.8 Å². The van der Waals surface area contributed by atoms with E-state index in [0.717, 1.165) is 26.2 Å². The second-order valence-electron chi connectivity index (χ2n) is 6.19. The van der Waals surface area contributed by atoms with Crippen molar-refractivity contribution in [2.24, 2.45) is 5.92 Å². The zero-order chi connectivity index (χ0) is 13.1. The van der Waals surface area contributed by atoms with Gasteiger partial charge in [-0.15, -0.1) is 0 Å². The maximum atomic E-state index is 12.4. The van der Waals surface area contributed by atoms with Gasteiger partial charge < -0.3 is 10.2 Å². The first kappa shape index (κ1) is 13.8. The molecule has 0 aromatic heterocycles. The SMILES string of the molecule is CC(C)CN(C(=O)CN1CCNC[C@@H]1C)C1CC1. The van der Waals surface area contributed by atoms with E-state index < -0.39 is 0 Å². The van der Waals surface area contributed by atoms with Gasteiger partial charge in [0.1, 0.15) is 0 Å². The minimum Gasteiger partial charge on any atom is -0.338 e. The molecule has 18 heavy (non-hydrogen) atoms. The average molecular weight is 253 g/mol. The van der Waals surface area contributed by atoms with Gasteiger partial charge in [-0.2, -0.15) is 0 Å². The van der Waals surface area contributed by atoms with Crippen LogP contribution in [0.4, 0.5) is 0 Å². The molecule has 1 amide bonds. The molecular formula is C14H27N3O. The third-order valence-electron chi connectivity index (χ3n) is 3.85. The van der Waals surface area contributed by atoms with Crippen LogP contribution in [-0.4, -0.2) is 60.5 Å². The van der Waals surface area contributed by atoms with E-state index in [1.54, 1.807) is 0 Å². The van der Waals surface area contributed by atoms with Crippen LogP contribution in [0.5, 0.6) is 0 Å². The lowest BCUT2D eigenvalue weighted by Gasteiger charge is -2.35. The molecule has 0 unspecified atom stereocenters. The van der Waals surface area contributed by atoms with Crippen LogP contribution in [0.3, 0.4) is 0 Å². The predicted octanol–water partition coefficient (Wildman–Crippen LogP) is 0.927. The lowest BCUT2D eigenvalue weighted by atomic mass is 10.2. The summed E-state index contributed by atoms with van der Waals surface area (Å²) in [5.74, 6) is 0.898. The third-order valence-corrected chi connectivity index (χ3v) is 3.85. The van der Waals surface area contributed by atoms with E-state index in [1.807, 2.05) is 0 Å². The van der Waals surface area contributed by atoms with Crippen LogP contribution in [0.15, 0.2) is 0 Å². The number of hydrogen-bond acceptors (Lipinski definition) is 3. The number of carbonyl (C=O) groups excluding carboxylic acids is 1. The number of piperazine rings is 1. The monoisotopic (exact) mass is 253 g/mol. The number of carbonyl (C=O) groups is 1. The lowest BCUT2D eigenvalue weighted by molar-refractivity contribution is -0.134. The highest BCUT2D eigenvalue weighted by molar-refractivity contribution is 5.79. The van der Waals surface area contributed by atoms with E-state index >= 15 is 0 Å². The van der Waals surface area contributed by atoms with E-state index in [1.165, 1.54) is 12.8 Å². The van der Waals surface area contributed by atoms with Gasteiger partial charge in [-0.25, -0.2) is 0 Å². The Morgan fingerprint density at radius 2 is 2.17 bits per heavy atom. The molecule has 2 fully saturated rings. The van der Waals surface area contributed by atoms with E-state index in [9.17, 15) is 4.79 Å². The fraction of sp³-hybridized carbons (Fsp3) is 0.929. The molecule has 0 radical (unpaired) electrons. The molecule has 4 nitrogen and oxygen atoms in total. The maximum absolute atomic E-state index is 12.4. The Morgan fingerprint density at radius 1 is 1.44 bits per heavy atom. The molecular weight excluding hydrogens is 226 g/mol. The lowest BCUT2D eigenvalue weighted by Crippen LogP contribution is -2.53. The van der Waals surface area contributed by atoms with Crippen LogP contribution in [0.1, 0.15) is 33.6 Å². The van der Waals surface area contributed by atoms with Crippen LogP contribution in [0.25, 0.3) is 0 Å². The van der Waals surface area contributed by atoms with Crippen molar-refractivity contribution < 1.29 is 4.79 Å². The molecule has 1 aliphatic heterocycles. The van der Waals surface area contributed by atoms with Gasteiger partial charge in [0, 0.05) is 38.3 Å². The zero-order valence-corrected chi connectivity index (χ0v) is 12.0. The molecule has 1 saturated heterocycles. The normalized spacial score (nSPS) is 25.4. The zero-order valence-electron chi connectivity index (χ0n) is 12.0. The minimum absolute atomic E-state index is 0.333. The summed E-state index contributed by atoms with van der Waals surface area (Å²) in [5, 5.41) is 3.37. The van der Waals surface area contributed by atoms with Crippen molar-refractivity contribution in [3.05, 3.63) is 0 Å². The standard InChI is InChI=1S/C14H27N3O/c1-11(2)9-17(13-4-5-13)14(18)10-16-7-6-15-8-12(16)3/h11-13,15H,4-10H2,1-3H3/t12-/m0/s1. The number of nitrogens with zero attached hydrogens (tertiary/aromatic N) is 2. The average Bonchev–Trinajstić information content (AvgIpc) is 3.12.